The van der Waals surface area contributed by atoms with Gasteiger partial charge < -0.3 is 10.3 Å². The van der Waals surface area contributed by atoms with Crippen LogP contribution in [0.2, 0.25) is 0 Å². The number of fused-ring (bicyclic) bond motifs is 1. The molecule has 2 aromatic heterocycles. The second kappa shape index (κ2) is 4.71. The second-order valence-corrected chi connectivity index (χ2v) is 5.77. The lowest BCUT2D eigenvalue weighted by Crippen LogP contribution is -2.29. The minimum atomic E-state index is 0.0799. The summed E-state index contributed by atoms with van der Waals surface area (Å²) < 4.78 is 1.89. The van der Waals surface area contributed by atoms with E-state index in [1.54, 1.807) is 17.4 Å². The molecule has 3 rings (SSSR count). The molecule has 4 heteroatoms. The van der Waals surface area contributed by atoms with Crippen LogP contribution in [0.4, 0.5) is 0 Å². The van der Waals surface area contributed by atoms with Crippen molar-refractivity contribution in [1.29, 1.82) is 0 Å². The van der Waals surface area contributed by atoms with Crippen molar-refractivity contribution in [3.63, 3.8) is 0 Å². The maximum absolute atomic E-state index is 12.1. The molecule has 0 bridgehead atoms. The van der Waals surface area contributed by atoms with E-state index in [-0.39, 0.29) is 11.6 Å². The van der Waals surface area contributed by atoms with Crippen molar-refractivity contribution in [2.24, 2.45) is 5.73 Å². The third kappa shape index (κ3) is 2.02. The van der Waals surface area contributed by atoms with Crippen molar-refractivity contribution in [3.05, 3.63) is 56.1 Å². The molecule has 1 atom stereocenters. The molecule has 2 aromatic rings. The van der Waals surface area contributed by atoms with E-state index in [9.17, 15) is 4.79 Å². The van der Waals surface area contributed by atoms with Crippen LogP contribution < -0.4 is 11.3 Å². The highest BCUT2D eigenvalue weighted by Gasteiger charge is 2.20. The largest absolute Gasteiger partial charge is 0.324 e. The Bertz CT molecular complexity index is 601. The van der Waals surface area contributed by atoms with Gasteiger partial charge in [-0.25, -0.2) is 0 Å². The van der Waals surface area contributed by atoms with E-state index in [1.165, 1.54) is 4.88 Å². The summed E-state index contributed by atoms with van der Waals surface area (Å²) in [5, 5.41) is 2.04. The number of nitrogens with zero attached hydrogens (tertiary/aromatic N) is 1. The van der Waals surface area contributed by atoms with E-state index in [2.05, 4.69) is 6.07 Å². The van der Waals surface area contributed by atoms with Gasteiger partial charge in [-0.1, -0.05) is 12.1 Å². The van der Waals surface area contributed by atoms with Crippen LogP contribution in [0.5, 0.6) is 0 Å². The van der Waals surface area contributed by atoms with Crippen LogP contribution in [0, 0.1) is 0 Å². The molecule has 0 aromatic carbocycles. The maximum atomic E-state index is 12.1. The predicted molar refractivity (Wildman–Crippen MR) is 74.0 cm³/mol. The van der Waals surface area contributed by atoms with Gasteiger partial charge in [-0.3, -0.25) is 4.79 Å². The third-order valence-electron chi connectivity index (χ3n) is 3.55. The molecular formula is C14H16N2OS. The van der Waals surface area contributed by atoms with E-state index in [0.29, 0.717) is 6.54 Å². The number of nitrogens with two attached hydrogens (primary N) is 1. The van der Waals surface area contributed by atoms with Gasteiger partial charge in [0.05, 0.1) is 6.54 Å². The highest BCUT2D eigenvalue weighted by Crippen LogP contribution is 2.27. The normalized spacial score (nSPS) is 18.6. The van der Waals surface area contributed by atoms with E-state index in [1.807, 2.05) is 22.1 Å². The Morgan fingerprint density at radius 3 is 3.06 bits per heavy atom. The van der Waals surface area contributed by atoms with Gasteiger partial charge in [-0.15, -0.1) is 11.3 Å². The number of hydrogen-bond acceptors (Lipinski definition) is 3. The summed E-state index contributed by atoms with van der Waals surface area (Å²) in [7, 11) is 0. The maximum Gasteiger partial charge on any atom is 0.251 e. The fraction of sp³-hybridized carbons (Fsp3) is 0.357. The number of aromatic nitrogens is 1. The van der Waals surface area contributed by atoms with Gasteiger partial charge >= 0.3 is 0 Å². The van der Waals surface area contributed by atoms with Gasteiger partial charge in [0.1, 0.15) is 0 Å². The van der Waals surface area contributed by atoms with Crippen LogP contribution in [0.25, 0.3) is 0 Å². The summed E-state index contributed by atoms with van der Waals surface area (Å²) in [6, 6.07) is 7.74. The van der Waals surface area contributed by atoms with Crippen LogP contribution in [0.15, 0.2) is 34.4 Å². The fourth-order valence-corrected chi connectivity index (χ4v) is 3.32. The zero-order valence-electron chi connectivity index (χ0n) is 10.1. The lowest BCUT2D eigenvalue weighted by molar-refractivity contribution is 0.530. The molecule has 0 amide bonds. The summed E-state index contributed by atoms with van der Waals surface area (Å²) in [6.45, 7) is 0.673. The van der Waals surface area contributed by atoms with E-state index in [4.69, 9.17) is 5.73 Å². The number of rotatable bonds is 2. The Kier molecular flexibility index (Phi) is 3.06. The molecule has 0 aliphatic heterocycles. The molecule has 1 aliphatic rings. The van der Waals surface area contributed by atoms with E-state index < -0.39 is 0 Å². The molecule has 0 fully saturated rings. The van der Waals surface area contributed by atoms with Crippen LogP contribution >= 0.6 is 11.3 Å². The Balaban J connectivity index is 2.07. The van der Waals surface area contributed by atoms with E-state index in [0.717, 1.165) is 30.5 Å². The molecule has 1 unspecified atom stereocenters. The molecule has 2 N–H and O–H groups in total. The lowest BCUT2D eigenvalue weighted by atomic mass is 9.91. The zero-order chi connectivity index (χ0) is 12.5. The van der Waals surface area contributed by atoms with Crippen molar-refractivity contribution in [2.45, 2.75) is 31.8 Å². The molecule has 2 heterocycles. The SMILES string of the molecule is NC1CCCc2c1ccc(=O)n2Cc1cccs1. The minimum Gasteiger partial charge on any atom is -0.324 e. The van der Waals surface area contributed by atoms with Crippen LogP contribution in [-0.4, -0.2) is 4.57 Å². The second-order valence-electron chi connectivity index (χ2n) is 4.74. The standard InChI is InChI=1S/C14H16N2OS/c15-12-4-1-5-13-11(12)6-7-14(17)16(13)9-10-3-2-8-18-10/h2-3,6-8,12H,1,4-5,9,15H2. The van der Waals surface area contributed by atoms with Crippen molar-refractivity contribution in [1.82, 2.24) is 4.57 Å². The topological polar surface area (TPSA) is 48.0 Å². The number of pyridine rings is 1. The zero-order valence-corrected chi connectivity index (χ0v) is 11.0. The van der Waals surface area contributed by atoms with Crippen LogP contribution in [-0.2, 0) is 13.0 Å². The van der Waals surface area contributed by atoms with Crippen LogP contribution in [0.1, 0.15) is 35.0 Å². The van der Waals surface area contributed by atoms with Gasteiger partial charge in [0.15, 0.2) is 0 Å². The summed E-state index contributed by atoms with van der Waals surface area (Å²) in [5.41, 5.74) is 8.49. The molecule has 0 radical (unpaired) electrons. The van der Waals surface area contributed by atoms with Gasteiger partial charge in [0.25, 0.3) is 5.56 Å². The first-order valence-electron chi connectivity index (χ1n) is 6.26. The summed E-state index contributed by atoms with van der Waals surface area (Å²) in [4.78, 5) is 13.3. The lowest BCUT2D eigenvalue weighted by Gasteiger charge is -2.25. The van der Waals surface area contributed by atoms with Gasteiger partial charge in [0, 0.05) is 22.7 Å². The molecule has 0 saturated heterocycles. The average molecular weight is 260 g/mol. The van der Waals surface area contributed by atoms with Gasteiger partial charge in [-0.05, 0) is 36.3 Å². The molecule has 0 spiro atoms. The number of thiophene rings is 1. The van der Waals surface area contributed by atoms with Crippen molar-refractivity contribution in [2.75, 3.05) is 0 Å². The number of hydrogen-bond donors (Lipinski definition) is 1. The quantitative estimate of drug-likeness (QED) is 0.900. The fourth-order valence-electron chi connectivity index (χ4n) is 2.63. The summed E-state index contributed by atoms with van der Waals surface area (Å²) >= 11 is 1.69. The Morgan fingerprint density at radius 1 is 1.39 bits per heavy atom. The Hall–Kier alpha value is -1.39. The van der Waals surface area contributed by atoms with Crippen LogP contribution in [0.3, 0.4) is 0 Å². The highest BCUT2D eigenvalue weighted by atomic mass is 32.1. The first-order valence-corrected chi connectivity index (χ1v) is 7.14. The smallest absolute Gasteiger partial charge is 0.251 e. The van der Waals surface area contributed by atoms with E-state index >= 15 is 0 Å². The van der Waals surface area contributed by atoms with Crippen molar-refractivity contribution >= 4 is 11.3 Å². The minimum absolute atomic E-state index is 0.0799. The summed E-state index contributed by atoms with van der Waals surface area (Å²) in [5.74, 6) is 0. The highest BCUT2D eigenvalue weighted by molar-refractivity contribution is 7.09. The van der Waals surface area contributed by atoms with Crippen molar-refractivity contribution < 1.29 is 0 Å². The molecule has 3 nitrogen and oxygen atoms in total. The van der Waals surface area contributed by atoms with Gasteiger partial charge in [0.2, 0.25) is 0 Å². The Morgan fingerprint density at radius 2 is 2.28 bits per heavy atom. The predicted octanol–water partition coefficient (Wildman–Crippen LogP) is 2.29. The Labute approximate surface area is 110 Å². The van der Waals surface area contributed by atoms with Crippen molar-refractivity contribution in [3.8, 4) is 0 Å². The molecule has 0 saturated carbocycles. The molecular weight excluding hydrogens is 244 g/mol. The monoisotopic (exact) mass is 260 g/mol. The third-order valence-corrected chi connectivity index (χ3v) is 4.41. The molecule has 18 heavy (non-hydrogen) atoms. The molecule has 1 aliphatic carbocycles. The molecule has 94 valence electrons. The summed E-state index contributed by atoms with van der Waals surface area (Å²) in [6.07, 6.45) is 3.05. The first-order chi connectivity index (χ1) is 8.75. The first kappa shape index (κ1) is 11.7. The van der Waals surface area contributed by atoms with Gasteiger partial charge in [-0.2, -0.15) is 0 Å². The average Bonchev–Trinajstić information content (AvgIpc) is 2.86.